The van der Waals surface area contributed by atoms with Gasteiger partial charge in [-0.1, -0.05) is 19.9 Å². The molecule has 1 heterocycles. The van der Waals surface area contributed by atoms with Crippen LogP contribution in [0.5, 0.6) is 0 Å². The molecule has 0 radical (unpaired) electrons. The first-order valence-corrected chi connectivity index (χ1v) is 8.09. The quantitative estimate of drug-likeness (QED) is 0.800. The maximum atomic E-state index is 12.2. The van der Waals surface area contributed by atoms with Crippen molar-refractivity contribution in [1.82, 2.24) is 4.90 Å². The minimum absolute atomic E-state index is 0.111. The smallest absolute Gasteiger partial charge is 0.338 e. The molecular weight excluding hydrogens is 292 g/mol. The molecule has 5 heteroatoms. The Bertz CT molecular complexity index is 561. The summed E-state index contributed by atoms with van der Waals surface area (Å²) in [6, 6.07) is 7.18. The molecule has 1 amide bonds. The zero-order chi connectivity index (χ0) is 17.0. The van der Waals surface area contributed by atoms with Crippen molar-refractivity contribution < 1.29 is 14.3 Å². The molecule has 0 aliphatic carbocycles. The van der Waals surface area contributed by atoms with E-state index < -0.39 is 5.97 Å². The fourth-order valence-electron chi connectivity index (χ4n) is 3.08. The van der Waals surface area contributed by atoms with Crippen molar-refractivity contribution >= 4 is 17.6 Å². The van der Waals surface area contributed by atoms with Crippen LogP contribution in [0, 0.1) is 11.8 Å². The Kier molecular flexibility index (Phi) is 5.64. The van der Waals surface area contributed by atoms with E-state index in [2.05, 4.69) is 13.8 Å². The number of carbonyl (C=O) groups excluding carboxylic acids is 2. The Labute approximate surface area is 138 Å². The van der Waals surface area contributed by atoms with Gasteiger partial charge >= 0.3 is 5.97 Å². The molecule has 0 saturated carbocycles. The van der Waals surface area contributed by atoms with Crippen molar-refractivity contribution in [3.05, 3.63) is 29.8 Å². The van der Waals surface area contributed by atoms with E-state index in [-0.39, 0.29) is 12.5 Å². The summed E-state index contributed by atoms with van der Waals surface area (Å²) in [5.41, 5.74) is 1.38. The number of hydrogen-bond donors (Lipinski definition) is 0. The summed E-state index contributed by atoms with van der Waals surface area (Å²) in [6.07, 6.45) is 1.14. The molecule has 1 aliphatic rings. The second-order valence-corrected chi connectivity index (χ2v) is 6.77. The van der Waals surface area contributed by atoms with Gasteiger partial charge in [-0.15, -0.1) is 0 Å². The third kappa shape index (κ3) is 4.71. The lowest BCUT2D eigenvalue weighted by molar-refractivity contribution is -0.137. The molecule has 1 saturated heterocycles. The van der Waals surface area contributed by atoms with Crippen LogP contribution < -0.4 is 4.90 Å². The summed E-state index contributed by atoms with van der Waals surface area (Å²) >= 11 is 0. The minimum Gasteiger partial charge on any atom is -0.452 e. The average molecular weight is 318 g/mol. The largest absolute Gasteiger partial charge is 0.452 e. The van der Waals surface area contributed by atoms with E-state index in [1.807, 2.05) is 36.0 Å². The highest BCUT2D eigenvalue weighted by atomic mass is 16.5. The molecule has 2 rings (SSSR count). The van der Waals surface area contributed by atoms with Crippen molar-refractivity contribution in [1.29, 1.82) is 0 Å². The second kappa shape index (κ2) is 7.49. The van der Waals surface area contributed by atoms with Crippen molar-refractivity contribution in [2.24, 2.45) is 11.8 Å². The number of amides is 1. The maximum Gasteiger partial charge on any atom is 0.338 e. The third-order valence-electron chi connectivity index (χ3n) is 4.15. The topological polar surface area (TPSA) is 49.9 Å². The fraction of sp³-hybridized carbons (Fsp3) is 0.556. The standard InChI is InChI=1S/C18H26N2O3/c1-13-8-14(2)11-20(10-13)17(21)12-23-18(22)15-6-5-7-16(9-15)19(3)4/h5-7,9,13-14H,8,10-12H2,1-4H3/t13-,14-/m0/s1. The molecular formula is C18H26N2O3. The molecule has 1 aliphatic heterocycles. The number of likely N-dealkylation sites (tertiary alicyclic amines) is 1. The van der Waals surface area contributed by atoms with Crippen molar-refractivity contribution in [3.8, 4) is 0 Å². The van der Waals surface area contributed by atoms with E-state index >= 15 is 0 Å². The molecule has 0 spiro atoms. The minimum atomic E-state index is -0.458. The number of anilines is 1. The average Bonchev–Trinajstić information content (AvgIpc) is 2.51. The molecule has 0 aromatic heterocycles. The number of benzene rings is 1. The molecule has 1 fully saturated rings. The van der Waals surface area contributed by atoms with Crippen LogP contribution in [0.15, 0.2) is 24.3 Å². The van der Waals surface area contributed by atoms with Crippen LogP contribution in [0.2, 0.25) is 0 Å². The predicted octanol–water partition coefficient (Wildman–Crippen LogP) is 2.41. The zero-order valence-corrected chi connectivity index (χ0v) is 14.4. The van der Waals surface area contributed by atoms with Crippen LogP contribution >= 0.6 is 0 Å². The summed E-state index contributed by atoms with van der Waals surface area (Å²) in [5.74, 6) is 0.422. The van der Waals surface area contributed by atoms with Gasteiger partial charge in [0.05, 0.1) is 5.56 Å². The maximum absolute atomic E-state index is 12.2. The number of piperidine rings is 1. The van der Waals surface area contributed by atoms with Gasteiger partial charge in [0.1, 0.15) is 0 Å². The van der Waals surface area contributed by atoms with Gasteiger partial charge in [-0.3, -0.25) is 4.79 Å². The first-order valence-electron chi connectivity index (χ1n) is 8.09. The molecule has 0 bridgehead atoms. The SMILES string of the molecule is C[C@H]1C[C@H](C)CN(C(=O)COC(=O)c2cccc(N(C)C)c2)C1. The van der Waals surface area contributed by atoms with E-state index in [0.717, 1.165) is 25.2 Å². The van der Waals surface area contributed by atoms with Crippen molar-refractivity contribution in [3.63, 3.8) is 0 Å². The highest BCUT2D eigenvalue weighted by Gasteiger charge is 2.26. The van der Waals surface area contributed by atoms with Crippen molar-refractivity contribution in [2.45, 2.75) is 20.3 Å². The van der Waals surface area contributed by atoms with Gasteiger partial charge in [-0.25, -0.2) is 4.79 Å². The number of nitrogens with zero attached hydrogens (tertiary/aromatic N) is 2. The van der Waals surface area contributed by atoms with Crippen LogP contribution in [-0.4, -0.2) is 50.6 Å². The molecule has 23 heavy (non-hydrogen) atoms. The summed E-state index contributed by atoms with van der Waals surface area (Å²) in [6.45, 7) is 5.60. The van der Waals surface area contributed by atoms with Gasteiger partial charge in [0.15, 0.2) is 6.61 Å². The van der Waals surface area contributed by atoms with E-state index in [0.29, 0.717) is 17.4 Å². The van der Waals surface area contributed by atoms with Crippen LogP contribution in [-0.2, 0) is 9.53 Å². The Morgan fingerprint density at radius 2 is 1.87 bits per heavy atom. The predicted molar refractivity (Wildman–Crippen MR) is 90.6 cm³/mol. The first-order chi connectivity index (χ1) is 10.9. The van der Waals surface area contributed by atoms with E-state index in [1.54, 1.807) is 12.1 Å². The van der Waals surface area contributed by atoms with Gasteiger partial charge in [-0.2, -0.15) is 0 Å². The monoisotopic (exact) mass is 318 g/mol. The molecule has 5 nitrogen and oxygen atoms in total. The Balaban J connectivity index is 1.91. The molecule has 0 N–H and O–H groups in total. The molecule has 1 aromatic rings. The second-order valence-electron chi connectivity index (χ2n) is 6.77. The summed E-state index contributed by atoms with van der Waals surface area (Å²) in [5, 5.41) is 0. The number of carbonyl (C=O) groups is 2. The van der Waals surface area contributed by atoms with Gasteiger partial charge < -0.3 is 14.5 Å². The van der Waals surface area contributed by atoms with Crippen LogP contribution in [0.3, 0.4) is 0 Å². The number of esters is 1. The molecule has 2 atom stereocenters. The van der Waals surface area contributed by atoms with E-state index in [9.17, 15) is 9.59 Å². The highest BCUT2D eigenvalue weighted by Crippen LogP contribution is 2.21. The van der Waals surface area contributed by atoms with Gasteiger partial charge in [-0.05, 0) is 36.5 Å². The highest BCUT2D eigenvalue weighted by molar-refractivity contribution is 5.92. The zero-order valence-electron chi connectivity index (χ0n) is 14.4. The van der Waals surface area contributed by atoms with Crippen LogP contribution in [0.4, 0.5) is 5.69 Å². The molecule has 0 unspecified atom stereocenters. The fourth-order valence-corrected chi connectivity index (χ4v) is 3.08. The van der Waals surface area contributed by atoms with Crippen LogP contribution in [0.1, 0.15) is 30.6 Å². The summed E-state index contributed by atoms with van der Waals surface area (Å²) < 4.78 is 5.20. The Morgan fingerprint density at radius 1 is 1.22 bits per heavy atom. The van der Waals surface area contributed by atoms with E-state index in [1.165, 1.54) is 0 Å². The van der Waals surface area contributed by atoms with Crippen molar-refractivity contribution in [2.75, 3.05) is 38.7 Å². The number of ether oxygens (including phenoxy) is 1. The van der Waals surface area contributed by atoms with E-state index in [4.69, 9.17) is 4.74 Å². The first kappa shape index (κ1) is 17.3. The number of hydrogen-bond acceptors (Lipinski definition) is 4. The molecule has 126 valence electrons. The summed E-state index contributed by atoms with van der Waals surface area (Å²) in [4.78, 5) is 28.1. The number of rotatable bonds is 4. The Hall–Kier alpha value is -2.04. The Morgan fingerprint density at radius 3 is 2.48 bits per heavy atom. The van der Waals surface area contributed by atoms with Gasteiger partial charge in [0.2, 0.25) is 0 Å². The van der Waals surface area contributed by atoms with Crippen LogP contribution in [0.25, 0.3) is 0 Å². The van der Waals surface area contributed by atoms with Gasteiger partial charge in [0, 0.05) is 32.9 Å². The lowest BCUT2D eigenvalue weighted by Crippen LogP contribution is -2.44. The molecule has 1 aromatic carbocycles. The third-order valence-corrected chi connectivity index (χ3v) is 4.15. The normalized spacial score (nSPS) is 21.0. The van der Waals surface area contributed by atoms with Gasteiger partial charge in [0.25, 0.3) is 5.91 Å². The lowest BCUT2D eigenvalue weighted by Gasteiger charge is -2.34. The lowest BCUT2D eigenvalue weighted by atomic mass is 9.92. The summed E-state index contributed by atoms with van der Waals surface area (Å²) in [7, 11) is 3.82.